The fourth-order valence-electron chi connectivity index (χ4n) is 3.81. The van der Waals surface area contributed by atoms with Crippen molar-refractivity contribution in [2.45, 2.75) is 13.1 Å². The molecule has 0 saturated carbocycles. The third-order valence-corrected chi connectivity index (χ3v) is 5.28. The Labute approximate surface area is 182 Å². The van der Waals surface area contributed by atoms with E-state index in [9.17, 15) is 14.4 Å². The number of rotatable bonds is 5. The number of nitrogens with zero attached hydrogens (tertiary/aromatic N) is 2. The third-order valence-electron chi connectivity index (χ3n) is 5.28. The summed E-state index contributed by atoms with van der Waals surface area (Å²) in [5, 5.41) is 3.40. The zero-order valence-corrected chi connectivity index (χ0v) is 17.0. The fraction of sp³-hybridized carbons (Fsp3) is 0.0800. The summed E-state index contributed by atoms with van der Waals surface area (Å²) in [6.07, 6.45) is 0. The first-order valence-corrected chi connectivity index (χ1v) is 10.2. The van der Waals surface area contributed by atoms with Crippen LogP contribution in [0.25, 0.3) is 22.1 Å². The van der Waals surface area contributed by atoms with Crippen molar-refractivity contribution in [1.29, 1.82) is 0 Å². The fourth-order valence-corrected chi connectivity index (χ4v) is 3.81. The molecular weight excluding hydrogens is 406 g/mol. The van der Waals surface area contributed by atoms with Crippen LogP contribution in [-0.4, -0.2) is 15.0 Å². The van der Waals surface area contributed by atoms with Crippen molar-refractivity contribution in [3.63, 3.8) is 0 Å². The Bertz CT molecular complexity index is 1550. The predicted octanol–water partition coefficient (Wildman–Crippen LogP) is 3.60. The predicted molar refractivity (Wildman–Crippen MR) is 123 cm³/mol. The number of hydrogen-bond donors (Lipinski definition) is 1. The van der Waals surface area contributed by atoms with Crippen LogP contribution in [0.2, 0.25) is 0 Å². The zero-order valence-electron chi connectivity index (χ0n) is 17.0. The number of amides is 1. The van der Waals surface area contributed by atoms with Crippen LogP contribution in [0.3, 0.4) is 0 Å². The SMILES string of the molecule is O=C(Cn1c(=O)n(Cc2ccccc2)c(=O)c2oc3ccccc3c21)Nc1ccccc1. The first kappa shape index (κ1) is 19.6. The van der Waals surface area contributed by atoms with Gasteiger partial charge < -0.3 is 9.73 Å². The molecule has 1 amide bonds. The molecule has 0 radical (unpaired) electrons. The molecule has 7 nitrogen and oxygen atoms in total. The van der Waals surface area contributed by atoms with Gasteiger partial charge in [-0.25, -0.2) is 4.79 Å². The Kier molecular flexibility index (Phi) is 4.91. The molecule has 0 atom stereocenters. The number of anilines is 1. The van der Waals surface area contributed by atoms with E-state index in [2.05, 4.69) is 5.32 Å². The van der Waals surface area contributed by atoms with Gasteiger partial charge in [-0.3, -0.25) is 18.7 Å². The topological polar surface area (TPSA) is 86.2 Å². The van der Waals surface area contributed by atoms with Crippen molar-refractivity contribution in [2.24, 2.45) is 0 Å². The second kappa shape index (κ2) is 8.03. The van der Waals surface area contributed by atoms with Crippen LogP contribution in [0.15, 0.2) is 98.9 Å². The highest BCUT2D eigenvalue weighted by Crippen LogP contribution is 2.25. The molecule has 0 aliphatic heterocycles. The number of carbonyl (C=O) groups excluding carboxylic acids is 1. The second-order valence-corrected chi connectivity index (χ2v) is 7.44. The summed E-state index contributed by atoms with van der Waals surface area (Å²) >= 11 is 0. The Balaban J connectivity index is 1.68. The average molecular weight is 425 g/mol. The number of para-hydroxylation sites is 2. The molecule has 0 spiro atoms. The molecule has 0 saturated heterocycles. The monoisotopic (exact) mass is 425 g/mol. The third kappa shape index (κ3) is 3.50. The van der Waals surface area contributed by atoms with Gasteiger partial charge in [-0.2, -0.15) is 0 Å². The normalized spacial score (nSPS) is 11.1. The van der Waals surface area contributed by atoms with Gasteiger partial charge in [0.15, 0.2) is 0 Å². The summed E-state index contributed by atoms with van der Waals surface area (Å²) in [7, 11) is 0. The standard InChI is InChI=1S/C25H19N3O4/c29-21(26-18-11-5-2-6-12-18)16-27-22-19-13-7-8-14-20(19)32-23(22)24(30)28(25(27)31)15-17-9-3-1-4-10-17/h1-14H,15-16H2,(H,26,29). The molecule has 0 fully saturated rings. The second-order valence-electron chi connectivity index (χ2n) is 7.44. The number of nitrogens with one attached hydrogen (secondary N) is 1. The van der Waals surface area contributed by atoms with E-state index in [-0.39, 0.29) is 24.6 Å². The zero-order chi connectivity index (χ0) is 22.1. The van der Waals surface area contributed by atoms with E-state index >= 15 is 0 Å². The summed E-state index contributed by atoms with van der Waals surface area (Å²) < 4.78 is 8.25. The molecule has 7 heteroatoms. The lowest BCUT2D eigenvalue weighted by molar-refractivity contribution is -0.116. The lowest BCUT2D eigenvalue weighted by Crippen LogP contribution is -2.41. The quantitative estimate of drug-likeness (QED) is 0.466. The molecule has 0 bridgehead atoms. The van der Waals surface area contributed by atoms with E-state index < -0.39 is 11.2 Å². The number of hydrogen-bond acceptors (Lipinski definition) is 4. The highest BCUT2D eigenvalue weighted by atomic mass is 16.3. The summed E-state index contributed by atoms with van der Waals surface area (Å²) in [5.74, 6) is -0.380. The number of aromatic nitrogens is 2. The molecule has 5 rings (SSSR count). The molecular formula is C25H19N3O4. The van der Waals surface area contributed by atoms with Crippen molar-refractivity contribution in [1.82, 2.24) is 9.13 Å². The molecule has 3 aromatic carbocycles. The Hall–Kier alpha value is -4.39. The number of furan rings is 1. The minimum absolute atomic E-state index is 0.0502. The lowest BCUT2D eigenvalue weighted by atomic mass is 10.2. The molecule has 158 valence electrons. The van der Waals surface area contributed by atoms with Crippen molar-refractivity contribution < 1.29 is 9.21 Å². The molecule has 2 heterocycles. The van der Waals surface area contributed by atoms with E-state index in [1.165, 1.54) is 4.57 Å². The summed E-state index contributed by atoms with van der Waals surface area (Å²) in [4.78, 5) is 39.5. The lowest BCUT2D eigenvalue weighted by Gasteiger charge is -2.12. The van der Waals surface area contributed by atoms with E-state index in [4.69, 9.17) is 4.42 Å². The van der Waals surface area contributed by atoms with E-state index in [1.807, 2.05) is 48.5 Å². The van der Waals surface area contributed by atoms with Crippen LogP contribution in [0.5, 0.6) is 0 Å². The van der Waals surface area contributed by atoms with Crippen LogP contribution in [0.1, 0.15) is 5.56 Å². The summed E-state index contributed by atoms with van der Waals surface area (Å²) in [6.45, 7) is -0.186. The van der Waals surface area contributed by atoms with Crippen molar-refractivity contribution in [3.05, 3.63) is 111 Å². The number of carbonyl (C=O) groups is 1. The molecule has 32 heavy (non-hydrogen) atoms. The van der Waals surface area contributed by atoms with Gasteiger partial charge in [0.2, 0.25) is 11.5 Å². The van der Waals surface area contributed by atoms with Crippen LogP contribution in [-0.2, 0) is 17.9 Å². The number of benzene rings is 3. The number of fused-ring (bicyclic) bond motifs is 3. The van der Waals surface area contributed by atoms with Gasteiger partial charge in [0.25, 0.3) is 5.56 Å². The van der Waals surface area contributed by atoms with Crippen LogP contribution < -0.4 is 16.6 Å². The summed E-state index contributed by atoms with van der Waals surface area (Å²) in [5.41, 5.74) is 1.18. The van der Waals surface area contributed by atoms with Crippen molar-refractivity contribution in [3.8, 4) is 0 Å². The molecule has 2 aromatic heterocycles. The molecule has 0 aliphatic rings. The van der Waals surface area contributed by atoms with Gasteiger partial charge in [-0.15, -0.1) is 0 Å². The minimum atomic E-state index is -0.568. The largest absolute Gasteiger partial charge is 0.449 e. The van der Waals surface area contributed by atoms with Crippen LogP contribution in [0, 0.1) is 0 Å². The van der Waals surface area contributed by atoms with Crippen LogP contribution >= 0.6 is 0 Å². The van der Waals surface area contributed by atoms with Gasteiger partial charge in [0.1, 0.15) is 17.6 Å². The average Bonchev–Trinajstić information content (AvgIpc) is 3.21. The maximum Gasteiger partial charge on any atom is 0.332 e. The Morgan fingerprint density at radius 1 is 0.812 bits per heavy atom. The van der Waals surface area contributed by atoms with E-state index in [1.54, 1.807) is 36.4 Å². The van der Waals surface area contributed by atoms with Gasteiger partial charge in [-0.05, 0) is 29.8 Å². The van der Waals surface area contributed by atoms with Crippen molar-refractivity contribution in [2.75, 3.05) is 5.32 Å². The van der Waals surface area contributed by atoms with E-state index in [0.29, 0.717) is 22.2 Å². The maximum absolute atomic E-state index is 13.4. The van der Waals surface area contributed by atoms with Crippen molar-refractivity contribution >= 4 is 33.7 Å². The highest BCUT2D eigenvalue weighted by molar-refractivity contribution is 6.03. The maximum atomic E-state index is 13.4. The van der Waals surface area contributed by atoms with Gasteiger partial charge in [0.05, 0.1) is 6.54 Å². The Morgan fingerprint density at radius 3 is 2.22 bits per heavy atom. The smallest absolute Gasteiger partial charge is 0.332 e. The van der Waals surface area contributed by atoms with E-state index in [0.717, 1.165) is 10.1 Å². The van der Waals surface area contributed by atoms with Gasteiger partial charge >= 0.3 is 5.69 Å². The first-order chi connectivity index (χ1) is 15.6. The summed E-state index contributed by atoms with van der Waals surface area (Å²) in [6, 6.07) is 25.3. The van der Waals surface area contributed by atoms with Gasteiger partial charge in [-0.1, -0.05) is 60.7 Å². The molecule has 0 aliphatic carbocycles. The molecule has 5 aromatic rings. The minimum Gasteiger partial charge on any atom is -0.449 e. The Morgan fingerprint density at radius 2 is 1.47 bits per heavy atom. The first-order valence-electron chi connectivity index (χ1n) is 10.2. The van der Waals surface area contributed by atoms with Gasteiger partial charge in [0, 0.05) is 11.1 Å². The molecule has 0 unspecified atom stereocenters. The highest BCUT2D eigenvalue weighted by Gasteiger charge is 2.21. The molecule has 1 N–H and O–H groups in total. The van der Waals surface area contributed by atoms with Crippen LogP contribution in [0.4, 0.5) is 5.69 Å².